The number of phenols is 1. The molecule has 13 aromatic rings. The number of hydrogen-bond donors (Lipinski definition) is 1. The van der Waals surface area contributed by atoms with E-state index >= 15 is 0 Å². The van der Waals surface area contributed by atoms with E-state index in [2.05, 4.69) is 295 Å². The van der Waals surface area contributed by atoms with Crippen LogP contribution in [0.1, 0.15) is 0 Å². The summed E-state index contributed by atoms with van der Waals surface area (Å²) in [5.74, 6) is 1.44. The Bertz CT molecular complexity index is 4170. The zero-order valence-electron chi connectivity index (χ0n) is 45.0. The highest BCUT2D eigenvalue weighted by Gasteiger charge is 2.26. The Labute approximate surface area is 480 Å². The summed E-state index contributed by atoms with van der Waals surface area (Å²) in [6.07, 6.45) is 0. The van der Waals surface area contributed by atoms with E-state index in [0.717, 1.165) is 112 Å². The Morgan fingerprint density at radius 1 is 0.207 bits per heavy atom. The first kappa shape index (κ1) is 50.6. The number of para-hydroxylation sites is 2. The molecule has 0 amide bonds. The third kappa shape index (κ3) is 10.7. The molecule has 0 saturated carbocycles. The van der Waals surface area contributed by atoms with Crippen LogP contribution in [0.3, 0.4) is 0 Å². The molecule has 0 radical (unpaired) electrons. The minimum absolute atomic E-state index is 0.153. The van der Waals surface area contributed by atoms with Crippen molar-refractivity contribution >= 4 is 34.1 Å². The van der Waals surface area contributed by atoms with E-state index in [4.69, 9.17) is 4.74 Å². The quantitative estimate of drug-likeness (QED) is 0.111. The third-order valence-corrected chi connectivity index (χ3v) is 14.9. The summed E-state index contributed by atoms with van der Waals surface area (Å²) in [6.45, 7) is 0. The summed E-state index contributed by atoms with van der Waals surface area (Å²) in [7, 11) is 0. The van der Waals surface area contributed by atoms with Gasteiger partial charge in [0.25, 0.3) is 0 Å². The van der Waals surface area contributed by atoms with Gasteiger partial charge in [-0.15, -0.1) is 0 Å². The first-order chi connectivity index (χ1) is 40.6. The van der Waals surface area contributed by atoms with Gasteiger partial charge in [-0.1, -0.05) is 267 Å². The first-order valence-electron chi connectivity index (χ1n) is 27.7. The second-order valence-electron chi connectivity index (χ2n) is 20.2. The second kappa shape index (κ2) is 23.2. The largest absolute Gasteiger partial charge is 0.508 e. The van der Waals surface area contributed by atoms with Crippen LogP contribution < -0.4 is 14.5 Å². The molecule has 0 aliphatic carbocycles. The van der Waals surface area contributed by atoms with Crippen LogP contribution in [-0.2, 0) is 0 Å². The summed E-state index contributed by atoms with van der Waals surface area (Å²) in [5, 5.41) is 11.8. The van der Waals surface area contributed by atoms with Crippen molar-refractivity contribution in [2.24, 2.45) is 0 Å². The van der Waals surface area contributed by atoms with Crippen molar-refractivity contribution in [3.63, 3.8) is 0 Å². The molecule has 0 aliphatic rings. The number of benzene rings is 13. The van der Waals surface area contributed by atoms with Crippen molar-refractivity contribution in [3.05, 3.63) is 334 Å². The van der Waals surface area contributed by atoms with Crippen LogP contribution in [0.5, 0.6) is 17.2 Å². The van der Waals surface area contributed by atoms with Gasteiger partial charge in [0.1, 0.15) is 17.2 Å². The molecule has 0 aromatic heterocycles. The normalized spacial score (nSPS) is 11.0. The van der Waals surface area contributed by atoms with E-state index in [1.807, 2.05) is 48.5 Å². The second-order valence-corrected chi connectivity index (χ2v) is 20.2. The number of hydrogen-bond acceptors (Lipinski definition) is 4. The number of phenolic OH excluding ortho intramolecular Hbond substituents is 1. The molecule has 0 heterocycles. The van der Waals surface area contributed by atoms with Crippen LogP contribution in [0.25, 0.3) is 77.9 Å². The molecular weight excluding hydrogens is 997 g/mol. The summed E-state index contributed by atoms with van der Waals surface area (Å²) in [4.78, 5) is 4.68. The van der Waals surface area contributed by atoms with Gasteiger partial charge in [-0.3, -0.25) is 0 Å². The van der Waals surface area contributed by atoms with Gasteiger partial charge >= 0.3 is 0 Å². The fraction of sp³-hybridized carbons (Fsp3) is 0. The summed E-state index contributed by atoms with van der Waals surface area (Å²) < 4.78 is 7.33. The average molecular weight is 1050 g/mol. The standard InChI is InChI=1S/C78H56N2O2/c81-70-51-64(57-28-10-2-11-29-57)49-68(53-70)80(78-75(61-36-18-6-19-37-61)46-25-47-76(78)62-38-20-7-21-39-62)67-42-23-43-71(54-67)82-72-52-65(58-30-12-3-13-31-58)50-69(55-72)79(66-41-22-40-63(48-66)56-26-8-1-9-27-56)77-73(59-32-14-4-15-33-59)44-24-45-74(77)60-34-16-5-17-35-60/h1-55,81H. The SMILES string of the molecule is Oc1cc(-c2ccccc2)cc(N(c2cccc(Oc3cc(-c4ccccc4)cc(N(c4cccc(-c5ccccc5)c4)c4c(-c5ccccc5)cccc4-c4ccccc4)c3)c2)c2c(-c3ccccc3)cccc2-c2ccccc2)c1. The minimum atomic E-state index is 0.153. The highest BCUT2D eigenvalue weighted by molar-refractivity contribution is 6.00. The lowest BCUT2D eigenvalue weighted by Crippen LogP contribution is -2.13. The molecule has 0 aliphatic heterocycles. The maximum atomic E-state index is 11.8. The van der Waals surface area contributed by atoms with Crippen molar-refractivity contribution in [1.29, 1.82) is 0 Å². The highest BCUT2D eigenvalue weighted by Crippen LogP contribution is 2.51. The molecule has 0 unspecified atom stereocenters. The number of nitrogens with zero attached hydrogens (tertiary/aromatic N) is 2. The van der Waals surface area contributed by atoms with Crippen LogP contribution >= 0.6 is 0 Å². The molecule has 13 aromatic carbocycles. The van der Waals surface area contributed by atoms with Gasteiger partial charge < -0.3 is 19.6 Å². The molecule has 13 rings (SSSR count). The van der Waals surface area contributed by atoms with Gasteiger partial charge in [-0.2, -0.15) is 0 Å². The summed E-state index contributed by atoms with van der Waals surface area (Å²) >= 11 is 0. The number of anilines is 6. The van der Waals surface area contributed by atoms with Crippen LogP contribution in [0.2, 0.25) is 0 Å². The number of aromatic hydroxyl groups is 1. The first-order valence-corrected chi connectivity index (χ1v) is 27.7. The van der Waals surface area contributed by atoms with Crippen LogP contribution in [0.15, 0.2) is 334 Å². The predicted molar refractivity (Wildman–Crippen MR) is 342 cm³/mol. The van der Waals surface area contributed by atoms with E-state index < -0.39 is 0 Å². The Hall–Kier alpha value is -10.9. The van der Waals surface area contributed by atoms with E-state index in [9.17, 15) is 5.11 Å². The van der Waals surface area contributed by atoms with E-state index in [1.165, 1.54) is 0 Å². The Morgan fingerprint density at radius 2 is 0.512 bits per heavy atom. The molecule has 0 saturated heterocycles. The summed E-state index contributed by atoms with van der Waals surface area (Å²) in [5.41, 5.74) is 20.2. The number of ether oxygens (including phenoxy) is 1. The molecular formula is C78H56N2O2. The molecule has 4 nitrogen and oxygen atoms in total. The third-order valence-electron chi connectivity index (χ3n) is 14.9. The maximum Gasteiger partial charge on any atom is 0.130 e. The van der Waals surface area contributed by atoms with Gasteiger partial charge in [0.2, 0.25) is 0 Å². The minimum Gasteiger partial charge on any atom is -0.508 e. The van der Waals surface area contributed by atoms with Gasteiger partial charge in [0, 0.05) is 51.8 Å². The fourth-order valence-electron chi connectivity index (χ4n) is 11.2. The van der Waals surface area contributed by atoms with E-state index in [1.54, 1.807) is 0 Å². The van der Waals surface area contributed by atoms with Gasteiger partial charge in [-0.05, 0) is 104 Å². The Balaban J connectivity index is 1.03. The molecule has 82 heavy (non-hydrogen) atoms. The average Bonchev–Trinajstić information content (AvgIpc) is 3.72. The molecule has 390 valence electrons. The van der Waals surface area contributed by atoms with E-state index in [-0.39, 0.29) is 5.75 Å². The fourth-order valence-corrected chi connectivity index (χ4v) is 11.2. The van der Waals surface area contributed by atoms with Crippen molar-refractivity contribution in [1.82, 2.24) is 0 Å². The Morgan fingerprint density at radius 3 is 0.939 bits per heavy atom. The zero-order chi connectivity index (χ0) is 55.0. The highest BCUT2D eigenvalue weighted by atomic mass is 16.5. The maximum absolute atomic E-state index is 11.8. The van der Waals surface area contributed by atoms with Crippen LogP contribution in [0.4, 0.5) is 34.1 Å². The molecule has 0 atom stereocenters. The lowest BCUT2D eigenvalue weighted by molar-refractivity contribution is 0.476. The monoisotopic (exact) mass is 1050 g/mol. The van der Waals surface area contributed by atoms with E-state index in [0.29, 0.717) is 11.5 Å². The molecule has 4 heteroatoms. The van der Waals surface area contributed by atoms with Crippen LogP contribution in [-0.4, -0.2) is 5.11 Å². The molecule has 1 N–H and O–H groups in total. The predicted octanol–water partition coefficient (Wildman–Crippen LogP) is 21.8. The van der Waals surface area contributed by atoms with Crippen LogP contribution in [0, 0.1) is 0 Å². The van der Waals surface area contributed by atoms with Gasteiger partial charge in [0.15, 0.2) is 0 Å². The van der Waals surface area contributed by atoms with Crippen molar-refractivity contribution in [2.75, 3.05) is 9.80 Å². The van der Waals surface area contributed by atoms with Crippen molar-refractivity contribution in [2.45, 2.75) is 0 Å². The number of rotatable bonds is 15. The van der Waals surface area contributed by atoms with Gasteiger partial charge in [-0.25, -0.2) is 0 Å². The lowest BCUT2D eigenvalue weighted by atomic mass is 9.93. The smallest absolute Gasteiger partial charge is 0.130 e. The topological polar surface area (TPSA) is 35.9 Å². The van der Waals surface area contributed by atoms with Crippen molar-refractivity contribution < 1.29 is 9.84 Å². The van der Waals surface area contributed by atoms with Crippen molar-refractivity contribution in [3.8, 4) is 95.1 Å². The lowest BCUT2D eigenvalue weighted by Gasteiger charge is -2.32. The molecule has 0 fully saturated rings. The van der Waals surface area contributed by atoms with Gasteiger partial charge in [0.05, 0.1) is 22.7 Å². The zero-order valence-corrected chi connectivity index (χ0v) is 45.0. The summed E-state index contributed by atoms with van der Waals surface area (Å²) in [6, 6.07) is 116. The molecule has 0 spiro atoms. The molecule has 0 bridgehead atoms. The Kier molecular flexibility index (Phi) is 14.3.